The maximum absolute atomic E-state index is 13.4. The first kappa shape index (κ1) is 18.9. The first-order valence-electron chi connectivity index (χ1n) is 9.51. The quantitative estimate of drug-likeness (QED) is 0.696. The lowest BCUT2D eigenvalue weighted by Crippen LogP contribution is -2.36. The summed E-state index contributed by atoms with van der Waals surface area (Å²) in [6, 6.07) is 18.7. The molecule has 1 N–H and O–H groups in total. The highest BCUT2D eigenvalue weighted by atomic mass is 19.1. The third kappa shape index (κ3) is 4.37. The number of hydrogen-bond acceptors (Lipinski definition) is 3. The summed E-state index contributed by atoms with van der Waals surface area (Å²) < 4.78 is 18.7. The van der Waals surface area contributed by atoms with Crippen LogP contribution in [-0.2, 0) is 16.1 Å². The number of carbonyl (C=O) groups is 2. The molecule has 1 aliphatic rings. The predicted molar refractivity (Wildman–Crippen MR) is 105 cm³/mol. The minimum atomic E-state index is -0.441. The summed E-state index contributed by atoms with van der Waals surface area (Å²) in [7, 11) is 0. The van der Waals surface area contributed by atoms with Crippen LogP contribution in [0.4, 0.5) is 4.39 Å². The lowest BCUT2D eigenvalue weighted by molar-refractivity contribution is -0.129. The summed E-state index contributed by atoms with van der Waals surface area (Å²) in [4.78, 5) is 27.0. The highest BCUT2D eigenvalue weighted by Gasteiger charge is 2.35. The number of rotatable bonds is 6. The van der Waals surface area contributed by atoms with Gasteiger partial charge in [0.05, 0.1) is 24.8 Å². The number of furan rings is 1. The molecule has 2 unspecified atom stereocenters. The van der Waals surface area contributed by atoms with E-state index in [0.29, 0.717) is 18.8 Å². The summed E-state index contributed by atoms with van der Waals surface area (Å²) >= 11 is 0. The molecule has 4 rings (SSSR count). The monoisotopic (exact) mass is 392 g/mol. The molecule has 2 heterocycles. The first-order chi connectivity index (χ1) is 14.1. The third-order valence-electron chi connectivity index (χ3n) is 5.13. The Morgan fingerprint density at radius 3 is 2.48 bits per heavy atom. The van der Waals surface area contributed by atoms with Crippen LogP contribution in [0.3, 0.4) is 0 Å². The molecular weight excluding hydrogens is 371 g/mol. The average Bonchev–Trinajstić information content (AvgIpc) is 3.38. The summed E-state index contributed by atoms with van der Waals surface area (Å²) in [6.45, 7) is 0.700. The summed E-state index contributed by atoms with van der Waals surface area (Å²) in [5.74, 6) is -0.350. The zero-order chi connectivity index (χ0) is 20.2. The predicted octanol–water partition coefficient (Wildman–Crippen LogP) is 3.67. The number of carbonyl (C=O) groups excluding carboxylic acids is 2. The number of hydrogen-bond donors (Lipinski definition) is 1. The van der Waals surface area contributed by atoms with Crippen molar-refractivity contribution in [1.82, 2.24) is 10.2 Å². The van der Waals surface area contributed by atoms with Crippen LogP contribution in [0.1, 0.15) is 29.3 Å². The van der Waals surface area contributed by atoms with Crippen LogP contribution >= 0.6 is 0 Å². The Hall–Kier alpha value is -3.41. The van der Waals surface area contributed by atoms with Crippen LogP contribution in [-0.4, -0.2) is 23.3 Å². The minimum absolute atomic E-state index is 0.0698. The fourth-order valence-electron chi connectivity index (χ4n) is 3.61. The minimum Gasteiger partial charge on any atom is -0.467 e. The molecule has 0 aliphatic carbocycles. The van der Waals surface area contributed by atoms with E-state index in [-0.39, 0.29) is 24.1 Å². The van der Waals surface area contributed by atoms with Crippen LogP contribution in [0.15, 0.2) is 77.4 Å². The molecule has 0 bridgehead atoms. The second-order valence-electron chi connectivity index (χ2n) is 7.16. The number of likely N-dealkylation sites (tertiary alicyclic amines) is 1. The van der Waals surface area contributed by atoms with Gasteiger partial charge >= 0.3 is 0 Å². The summed E-state index contributed by atoms with van der Waals surface area (Å²) in [5.41, 5.74) is 1.67. The van der Waals surface area contributed by atoms with Crippen LogP contribution in [0.2, 0.25) is 0 Å². The van der Waals surface area contributed by atoms with Crippen molar-refractivity contribution < 1.29 is 18.4 Å². The van der Waals surface area contributed by atoms with E-state index in [9.17, 15) is 14.0 Å². The van der Waals surface area contributed by atoms with Crippen molar-refractivity contribution in [3.63, 3.8) is 0 Å². The Kier molecular flexibility index (Phi) is 5.42. The van der Waals surface area contributed by atoms with Crippen molar-refractivity contribution in [1.29, 1.82) is 0 Å². The molecule has 29 heavy (non-hydrogen) atoms. The summed E-state index contributed by atoms with van der Waals surface area (Å²) in [5, 5.41) is 3.05. The Balaban J connectivity index is 1.49. The molecule has 1 aliphatic heterocycles. The molecule has 3 aromatic rings. The first-order valence-corrected chi connectivity index (χ1v) is 9.51. The number of amides is 2. The van der Waals surface area contributed by atoms with Gasteiger partial charge in [0.15, 0.2) is 0 Å². The standard InChI is InChI=1S/C23H21FN2O3/c24-19-10-8-17(9-11-19)22(16-5-2-1-3-6-16)25-23(28)18-13-21(27)26(14-18)15-20-7-4-12-29-20/h1-12,18,22H,13-15H2,(H,25,28). The average molecular weight is 392 g/mol. The lowest BCUT2D eigenvalue weighted by Gasteiger charge is -2.22. The van der Waals surface area contributed by atoms with Crippen molar-refractivity contribution in [2.45, 2.75) is 19.0 Å². The van der Waals surface area contributed by atoms with Gasteiger partial charge in [-0.15, -0.1) is 0 Å². The molecule has 1 saturated heterocycles. The van der Waals surface area contributed by atoms with Crippen LogP contribution in [0, 0.1) is 11.7 Å². The summed E-state index contributed by atoms with van der Waals surface area (Å²) in [6.07, 6.45) is 1.73. The second kappa shape index (κ2) is 8.31. The van der Waals surface area contributed by atoms with Gasteiger partial charge in [-0.25, -0.2) is 4.39 Å². The Bertz CT molecular complexity index is 971. The van der Waals surface area contributed by atoms with E-state index in [1.807, 2.05) is 30.3 Å². The van der Waals surface area contributed by atoms with E-state index < -0.39 is 12.0 Å². The van der Waals surface area contributed by atoms with Crippen LogP contribution in [0.5, 0.6) is 0 Å². The van der Waals surface area contributed by atoms with Gasteiger partial charge in [-0.2, -0.15) is 0 Å². The zero-order valence-corrected chi connectivity index (χ0v) is 15.8. The molecule has 2 atom stereocenters. The molecular formula is C23H21FN2O3. The highest BCUT2D eigenvalue weighted by molar-refractivity contribution is 5.89. The lowest BCUT2D eigenvalue weighted by atomic mass is 9.97. The van der Waals surface area contributed by atoms with Crippen LogP contribution in [0.25, 0.3) is 0 Å². The molecule has 1 aromatic heterocycles. The van der Waals surface area contributed by atoms with Gasteiger partial charge in [0, 0.05) is 13.0 Å². The molecule has 0 radical (unpaired) electrons. The zero-order valence-electron chi connectivity index (χ0n) is 15.8. The van der Waals surface area contributed by atoms with Gasteiger partial charge in [-0.05, 0) is 35.4 Å². The van der Waals surface area contributed by atoms with Gasteiger partial charge in [-0.3, -0.25) is 9.59 Å². The van der Waals surface area contributed by atoms with Crippen molar-refractivity contribution >= 4 is 11.8 Å². The molecule has 5 nitrogen and oxygen atoms in total. The Labute approximate surface area is 168 Å². The molecule has 2 amide bonds. The Morgan fingerprint density at radius 1 is 1.07 bits per heavy atom. The van der Waals surface area contributed by atoms with Gasteiger partial charge in [0.1, 0.15) is 11.6 Å². The van der Waals surface area contributed by atoms with Gasteiger partial charge in [0.25, 0.3) is 0 Å². The van der Waals surface area contributed by atoms with Crippen LogP contribution < -0.4 is 5.32 Å². The SMILES string of the molecule is O=C(NC(c1ccccc1)c1ccc(F)cc1)C1CC(=O)N(Cc2ccco2)C1. The number of nitrogens with one attached hydrogen (secondary N) is 1. The smallest absolute Gasteiger partial charge is 0.226 e. The second-order valence-corrected chi connectivity index (χ2v) is 7.16. The topological polar surface area (TPSA) is 62.6 Å². The molecule has 6 heteroatoms. The molecule has 0 saturated carbocycles. The number of benzene rings is 2. The Morgan fingerprint density at radius 2 is 1.79 bits per heavy atom. The van der Waals surface area contributed by atoms with Crippen molar-refractivity contribution in [2.24, 2.45) is 5.92 Å². The fraction of sp³-hybridized carbons (Fsp3) is 0.217. The fourth-order valence-corrected chi connectivity index (χ4v) is 3.61. The third-order valence-corrected chi connectivity index (χ3v) is 5.13. The van der Waals surface area contributed by atoms with Crippen molar-refractivity contribution in [2.75, 3.05) is 6.54 Å². The highest BCUT2D eigenvalue weighted by Crippen LogP contribution is 2.25. The molecule has 0 spiro atoms. The van der Waals surface area contributed by atoms with Gasteiger partial charge in [0.2, 0.25) is 11.8 Å². The van der Waals surface area contributed by atoms with E-state index in [4.69, 9.17) is 4.42 Å². The van der Waals surface area contributed by atoms with E-state index in [1.54, 1.807) is 35.4 Å². The molecule has 2 aromatic carbocycles. The largest absolute Gasteiger partial charge is 0.467 e. The van der Waals surface area contributed by atoms with E-state index in [1.165, 1.54) is 12.1 Å². The number of halogens is 1. The van der Waals surface area contributed by atoms with E-state index in [2.05, 4.69) is 5.32 Å². The van der Waals surface area contributed by atoms with Crippen molar-refractivity contribution in [3.05, 3.63) is 95.7 Å². The number of nitrogens with zero attached hydrogens (tertiary/aromatic N) is 1. The van der Waals surface area contributed by atoms with Gasteiger partial charge in [-0.1, -0.05) is 42.5 Å². The van der Waals surface area contributed by atoms with E-state index in [0.717, 1.165) is 11.1 Å². The van der Waals surface area contributed by atoms with Gasteiger partial charge < -0.3 is 14.6 Å². The maximum Gasteiger partial charge on any atom is 0.226 e. The van der Waals surface area contributed by atoms with E-state index >= 15 is 0 Å². The van der Waals surface area contributed by atoms with Crippen molar-refractivity contribution in [3.8, 4) is 0 Å². The molecule has 148 valence electrons. The normalized spacial score (nSPS) is 17.3. The maximum atomic E-state index is 13.4. The molecule has 1 fully saturated rings.